The molecule has 0 amide bonds. The van der Waals surface area contributed by atoms with Crippen LogP contribution in [0.4, 0.5) is 0 Å². The topological polar surface area (TPSA) is 53.1 Å². The molecule has 2 atom stereocenters. The number of nitrogens with one attached hydrogen (secondary N) is 1. The molecular weight excluding hydrogens is 174 g/mol. The molecule has 1 fully saturated rings. The van der Waals surface area contributed by atoms with Crippen molar-refractivity contribution >= 4 is 5.84 Å². The molecule has 1 aliphatic rings. The monoisotopic (exact) mass is 197 g/mol. The quantitative estimate of drug-likeness (QED) is 0.535. The van der Waals surface area contributed by atoms with Gasteiger partial charge < -0.3 is 5.73 Å². The molecule has 1 saturated heterocycles. The molecule has 0 aromatic heterocycles. The average Bonchev–Trinajstić information content (AvgIpc) is 2.32. The van der Waals surface area contributed by atoms with Crippen molar-refractivity contribution in [1.29, 1.82) is 5.41 Å². The normalized spacial score (nSPS) is 26.9. The fraction of sp³-hybridized carbons (Fsp3) is 0.909. The van der Waals surface area contributed by atoms with Gasteiger partial charge in [-0.15, -0.1) is 0 Å². The summed E-state index contributed by atoms with van der Waals surface area (Å²) < 4.78 is 0. The molecule has 0 spiro atoms. The van der Waals surface area contributed by atoms with Crippen LogP contribution in [0.15, 0.2) is 0 Å². The third-order valence-electron chi connectivity index (χ3n) is 3.23. The summed E-state index contributed by atoms with van der Waals surface area (Å²) in [5.74, 6) is 0.525. The molecule has 0 aromatic rings. The van der Waals surface area contributed by atoms with E-state index in [4.69, 9.17) is 11.1 Å². The summed E-state index contributed by atoms with van der Waals surface area (Å²) in [6.45, 7) is 6.47. The number of nitrogens with two attached hydrogens (primary N) is 1. The van der Waals surface area contributed by atoms with Crippen molar-refractivity contribution in [1.82, 2.24) is 4.90 Å². The van der Waals surface area contributed by atoms with E-state index in [0.29, 0.717) is 11.9 Å². The van der Waals surface area contributed by atoms with Gasteiger partial charge in [0.25, 0.3) is 0 Å². The van der Waals surface area contributed by atoms with Crippen LogP contribution in [0, 0.1) is 11.3 Å². The van der Waals surface area contributed by atoms with E-state index >= 15 is 0 Å². The zero-order valence-corrected chi connectivity index (χ0v) is 9.42. The van der Waals surface area contributed by atoms with Crippen molar-refractivity contribution in [2.75, 3.05) is 13.1 Å². The first-order valence-electron chi connectivity index (χ1n) is 5.69. The lowest BCUT2D eigenvalue weighted by Crippen LogP contribution is -2.39. The summed E-state index contributed by atoms with van der Waals surface area (Å²) in [7, 11) is 0. The number of hydrogen-bond donors (Lipinski definition) is 2. The first-order valence-corrected chi connectivity index (χ1v) is 5.69. The zero-order chi connectivity index (χ0) is 10.6. The molecule has 3 N–H and O–H groups in total. The second-order valence-electron chi connectivity index (χ2n) is 4.55. The Morgan fingerprint density at radius 1 is 1.50 bits per heavy atom. The van der Waals surface area contributed by atoms with Crippen molar-refractivity contribution in [2.24, 2.45) is 11.7 Å². The Balaban J connectivity index is 2.43. The average molecular weight is 197 g/mol. The predicted octanol–water partition coefficient (Wildman–Crippen LogP) is 1.82. The minimum atomic E-state index is 0.204. The summed E-state index contributed by atoms with van der Waals surface area (Å²) in [6, 6.07) is 0.666. The molecule has 0 aromatic carbocycles. The summed E-state index contributed by atoms with van der Waals surface area (Å²) >= 11 is 0. The van der Waals surface area contributed by atoms with Crippen molar-refractivity contribution in [2.45, 2.75) is 45.6 Å². The Hall–Kier alpha value is -0.570. The van der Waals surface area contributed by atoms with Crippen LogP contribution < -0.4 is 5.73 Å². The summed E-state index contributed by atoms with van der Waals surface area (Å²) in [5.41, 5.74) is 5.49. The van der Waals surface area contributed by atoms with Crippen LogP contribution in [0.25, 0.3) is 0 Å². The smallest absolute Gasteiger partial charge is 0.0947 e. The molecule has 0 radical (unpaired) electrons. The molecular formula is C11H23N3. The molecule has 0 bridgehead atoms. The van der Waals surface area contributed by atoms with Crippen LogP contribution in [0.1, 0.15) is 39.5 Å². The van der Waals surface area contributed by atoms with Crippen LogP contribution in [-0.2, 0) is 0 Å². The molecule has 82 valence electrons. The van der Waals surface area contributed by atoms with Gasteiger partial charge in [-0.3, -0.25) is 10.3 Å². The van der Waals surface area contributed by atoms with E-state index in [1.54, 1.807) is 0 Å². The van der Waals surface area contributed by atoms with Gasteiger partial charge >= 0.3 is 0 Å². The maximum Gasteiger partial charge on any atom is 0.0947 e. The van der Waals surface area contributed by atoms with Gasteiger partial charge in [0, 0.05) is 18.5 Å². The van der Waals surface area contributed by atoms with Crippen molar-refractivity contribution in [3.05, 3.63) is 0 Å². The van der Waals surface area contributed by atoms with E-state index in [2.05, 4.69) is 11.8 Å². The van der Waals surface area contributed by atoms with E-state index < -0.39 is 0 Å². The SMILES string of the molecule is CC(CN1CCCCCC1C)C(=N)N. The number of nitrogens with zero attached hydrogens (tertiary/aromatic N) is 1. The largest absolute Gasteiger partial charge is 0.387 e. The van der Waals surface area contributed by atoms with Crippen molar-refractivity contribution in [3.63, 3.8) is 0 Å². The standard InChI is InChI=1S/C11H23N3/c1-9(11(12)13)8-14-7-5-3-4-6-10(14)2/h9-10H,3-8H2,1-2H3,(H3,12,13). The van der Waals surface area contributed by atoms with Crippen LogP contribution in [0.3, 0.4) is 0 Å². The van der Waals surface area contributed by atoms with Crippen LogP contribution in [0.2, 0.25) is 0 Å². The molecule has 1 rings (SSSR count). The van der Waals surface area contributed by atoms with Crippen molar-refractivity contribution < 1.29 is 0 Å². The van der Waals surface area contributed by atoms with Gasteiger partial charge in [-0.1, -0.05) is 19.8 Å². The Morgan fingerprint density at radius 2 is 2.21 bits per heavy atom. The Kier molecular flexibility index (Phi) is 4.39. The summed E-state index contributed by atoms with van der Waals surface area (Å²) in [5, 5.41) is 7.39. The molecule has 0 aliphatic carbocycles. The van der Waals surface area contributed by atoms with Gasteiger partial charge in [-0.05, 0) is 26.3 Å². The van der Waals surface area contributed by atoms with Crippen LogP contribution >= 0.6 is 0 Å². The molecule has 1 heterocycles. The Labute approximate surface area is 87.2 Å². The highest BCUT2D eigenvalue weighted by Gasteiger charge is 2.19. The second-order valence-corrected chi connectivity index (χ2v) is 4.55. The number of amidine groups is 1. The minimum Gasteiger partial charge on any atom is -0.387 e. The third kappa shape index (κ3) is 3.29. The Bertz CT molecular complexity index is 191. The van der Waals surface area contributed by atoms with Gasteiger partial charge in [0.15, 0.2) is 0 Å². The Morgan fingerprint density at radius 3 is 2.86 bits per heavy atom. The summed E-state index contributed by atoms with van der Waals surface area (Å²) in [4.78, 5) is 2.49. The molecule has 14 heavy (non-hydrogen) atoms. The van der Waals surface area contributed by atoms with Crippen molar-refractivity contribution in [3.8, 4) is 0 Å². The summed E-state index contributed by atoms with van der Waals surface area (Å²) in [6.07, 6.45) is 5.31. The van der Waals surface area contributed by atoms with Gasteiger partial charge in [0.2, 0.25) is 0 Å². The highest BCUT2D eigenvalue weighted by Crippen LogP contribution is 2.17. The second kappa shape index (κ2) is 5.35. The van der Waals surface area contributed by atoms with E-state index in [1.807, 2.05) is 6.92 Å². The van der Waals surface area contributed by atoms with E-state index in [9.17, 15) is 0 Å². The molecule has 3 nitrogen and oxygen atoms in total. The van der Waals surface area contributed by atoms with Crippen LogP contribution in [-0.4, -0.2) is 29.9 Å². The minimum absolute atomic E-state index is 0.204. The van der Waals surface area contributed by atoms with Gasteiger partial charge in [-0.2, -0.15) is 0 Å². The maximum atomic E-state index is 7.39. The van der Waals surface area contributed by atoms with E-state index in [1.165, 1.54) is 32.2 Å². The van der Waals surface area contributed by atoms with Gasteiger partial charge in [-0.25, -0.2) is 0 Å². The van der Waals surface area contributed by atoms with Crippen LogP contribution in [0.5, 0.6) is 0 Å². The first kappa shape index (κ1) is 11.5. The number of hydrogen-bond acceptors (Lipinski definition) is 2. The lowest BCUT2D eigenvalue weighted by molar-refractivity contribution is 0.201. The lowest BCUT2D eigenvalue weighted by Gasteiger charge is -2.29. The predicted molar refractivity (Wildman–Crippen MR) is 60.6 cm³/mol. The van der Waals surface area contributed by atoms with E-state index in [-0.39, 0.29) is 5.92 Å². The third-order valence-corrected chi connectivity index (χ3v) is 3.23. The highest BCUT2D eigenvalue weighted by atomic mass is 15.2. The number of likely N-dealkylation sites (tertiary alicyclic amines) is 1. The lowest BCUT2D eigenvalue weighted by atomic mass is 10.1. The number of rotatable bonds is 3. The zero-order valence-electron chi connectivity index (χ0n) is 9.42. The fourth-order valence-corrected chi connectivity index (χ4v) is 2.06. The first-order chi connectivity index (χ1) is 6.61. The van der Waals surface area contributed by atoms with E-state index in [0.717, 1.165) is 6.54 Å². The highest BCUT2D eigenvalue weighted by molar-refractivity contribution is 5.79. The van der Waals surface area contributed by atoms with Gasteiger partial charge in [0.05, 0.1) is 5.84 Å². The molecule has 2 unspecified atom stereocenters. The molecule has 3 heteroatoms. The van der Waals surface area contributed by atoms with Gasteiger partial charge in [0.1, 0.15) is 0 Å². The molecule has 1 aliphatic heterocycles. The molecule has 0 saturated carbocycles. The maximum absolute atomic E-state index is 7.39. The fourth-order valence-electron chi connectivity index (χ4n) is 2.06.